The van der Waals surface area contributed by atoms with E-state index in [2.05, 4.69) is 10.3 Å². The van der Waals surface area contributed by atoms with E-state index in [0.717, 1.165) is 11.1 Å². The Balaban J connectivity index is 1.45. The Morgan fingerprint density at radius 2 is 1.89 bits per heavy atom. The summed E-state index contributed by atoms with van der Waals surface area (Å²) in [5.74, 6) is -0.0750. The van der Waals surface area contributed by atoms with Crippen LogP contribution in [0.25, 0.3) is 16.7 Å². The second-order valence-electron chi connectivity index (χ2n) is 6.54. The number of carbonyl (C=O) groups is 1. The number of amides is 1. The van der Waals surface area contributed by atoms with E-state index in [1.165, 1.54) is 0 Å². The molecular formula is C21H19ClN4O2. The lowest BCUT2D eigenvalue weighted by Gasteiger charge is -2.12. The third-order valence-electron chi connectivity index (χ3n) is 4.71. The van der Waals surface area contributed by atoms with Crippen molar-refractivity contribution in [2.24, 2.45) is 0 Å². The van der Waals surface area contributed by atoms with Gasteiger partial charge in [0.05, 0.1) is 5.52 Å². The molecule has 0 radical (unpaired) electrons. The molecular weight excluding hydrogens is 376 g/mol. The van der Waals surface area contributed by atoms with Gasteiger partial charge < -0.3 is 9.72 Å². The minimum Gasteiger partial charge on any atom is -0.352 e. The average Bonchev–Trinajstić information content (AvgIpc) is 3.20. The molecule has 1 N–H and O–H groups in total. The molecule has 0 atom stereocenters. The third kappa shape index (κ3) is 3.51. The van der Waals surface area contributed by atoms with Gasteiger partial charge in [-0.3, -0.25) is 14.2 Å². The molecule has 0 aliphatic rings. The predicted octanol–water partition coefficient (Wildman–Crippen LogP) is 3.40. The second-order valence-corrected chi connectivity index (χ2v) is 6.95. The fraction of sp³-hybridized carbons (Fsp3) is 0.190. The highest BCUT2D eigenvalue weighted by atomic mass is 35.5. The molecule has 0 spiro atoms. The van der Waals surface area contributed by atoms with Crippen molar-refractivity contribution >= 4 is 34.2 Å². The molecule has 0 saturated carbocycles. The maximum absolute atomic E-state index is 12.8. The van der Waals surface area contributed by atoms with E-state index in [4.69, 9.17) is 11.6 Å². The van der Waals surface area contributed by atoms with E-state index in [0.29, 0.717) is 42.1 Å². The quantitative estimate of drug-likeness (QED) is 0.545. The van der Waals surface area contributed by atoms with Crippen LogP contribution in [0, 0.1) is 0 Å². The highest BCUT2D eigenvalue weighted by Crippen LogP contribution is 2.15. The molecule has 28 heavy (non-hydrogen) atoms. The van der Waals surface area contributed by atoms with E-state index < -0.39 is 0 Å². The van der Waals surface area contributed by atoms with Gasteiger partial charge in [-0.2, -0.15) is 0 Å². The van der Waals surface area contributed by atoms with Gasteiger partial charge in [0, 0.05) is 36.9 Å². The molecule has 1 amide bonds. The minimum absolute atomic E-state index is 0.0750. The topological polar surface area (TPSA) is 68.4 Å². The van der Waals surface area contributed by atoms with Crippen LogP contribution < -0.4 is 10.9 Å². The summed E-state index contributed by atoms with van der Waals surface area (Å²) in [6.07, 6.45) is 4.38. The first-order valence-corrected chi connectivity index (χ1v) is 9.47. The summed E-state index contributed by atoms with van der Waals surface area (Å²) in [7, 11) is 0. The number of rotatable bonds is 6. The van der Waals surface area contributed by atoms with Crippen LogP contribution in [0.5, 0.6) is 0 Å². The van der Waals surface area contributed by atoms with E-state index in [1.54, 1.807) is 22.9 Å². The van der Waals surface area contributed by atoms with E-state index in [9.17, 15) is 9.59 Å². The molecule has 6 nitrogen and oxygen atoms in total. The predicted molar refractivity (Wildman–Crippen MR) is 109 cm³/mol. The zero-order valence-electron chi connectivity index (χ0n) is 15.1. The molecule has 142 valence electrons. The minimum atomic E-state index is -0.104. The summed E-state index contributed by atoms with van der Waals surface area (Å²) < 4.78 is 3.49. The molecule has 7 heteroatoms. The van der Waals surface area contributed by atoms with Crippen molar-refractivity contribution in [3.05, 3.63) is 81.9 Å². The van der Waals surface area contributed by atoms with E-state index in [-0.39, 0.29) is 11.5 Å². The Morgan fingerprint density at radius 3 is 2.75 bits per heavy atom. The Hall–Kier alpha value is -3.12. The molecule has 0 aliphatic carbocycles. The molecule has 0 bridgehead atoms. The van der Waals surface area contributed by atoms with Gasteiger partial charge in [-0.15, -0.1) is 0 Å². The Labute approximate surface area is 166 Å². The Morgan fingerprint density at radius 1 is 1.07 bits per heavy atom. The second kappa shape index (κ2) is 7.86. The van der Waals surface area contributed by atoms with Crippen LogP contribution in [0.3, 0.4) is 0 Å². The first-order chi connectivity index (χ1) is 13.6. The molecule has 3 heterocycles. The van der Waals surface area contributed by atoms with Crippen molar-refractivity contribution in [3.63, 3.8) is 0 Å². The first kappa shape index (κ1) is 18.3. The molecule has 4 aromatic rings. The number of aromatic nitrogens is 3. The maximum atomic E-state index is 12.8. The van der Waals surface area contributed by atoms with Crippen LogP contribution in [-0.2, 0) is 17.9 Å². The summed E-state index contributed by atoms with van der Waals surface area (Å²) in [6, 6.07) is 14.8. The van der Waals surface area contributed by atoms with Gasteiger partial charge in [-0.05, 0) is 42.3 Å². The van der Waals surface area contributed by atoms with E-state index >= 15 is 0 Å². The number of pyridine rings is 1. The van der Waals surface area contributed by atoms with Gasteiger partial charge in [0.25, 0.3) is 5.56 Å². The number of benzene rings is 1. The SMILES string of the molecule is O=C(CCCn1c(=O)c2cccn2c2cccnc21)NCc1ccccc1Cl. The number of nitrogens with zero attached hydrogens (tertiary/aromatic N) is 3. The maximum Gasteiger partial charge on any atom is 0.276 e. The lowest BCUT2D eigenvalue weighted by molar-refractivity contribution is -0.121. The van der Waals surface area contributed by atoms with E-state index in [1.807, 2.05) is 47.0 Å². The standard InChI is InChI=1S/C21H19ClN4O2/c22-16-7-2-1-6-15(16)14-24-19(27)10-5-13-26-20-17(8-3-11-23-20)25-12-4-9-18(25)21(26)28/h1-4,6-9,11-12H,5,10,13-14H2,(H,24,27). The fourth-order valence-electron chi connectivity index (χ4n) is 3.31. The van der Waals surface area contributed by atoms with Crippen molar-refractivity contribution in [1.29, 1.82) is 0 Å². The number of fused-ring (bicyclic) bond motifs is 3. The van der Waals surface area contributed by atoms with Crippen LogP contribution >= 0.6 is 11.6 Å². The third-order valence-corrected chi connectivity index (χ3v) is 5.08. The van der Waals surface area contributed by atoms with Gasteiger partial charge in [-0.25, -0.2) is 4.98 Å². The highest BCUT2D eigenvalue weighted by Gasteiger charge is 2.11. The zero-order valence-corrected chi connectivity index (χ0v) is 15.9. The van der Waals surface area contributed by atoms with Crippen LogP contribution in [0.4, 0.5) is 0 Å². The monoisotopic (exact) mass is 394 g/mol. The lowest BCUT2D eigenvalue weighted by atomic mass is 10.2. The lowest BCUT2D eigenvalue weighted by Crippen LogP contribution is -2.26. The Bertz CT molecular complexity index is 1210. The van der Waals surface area contributed by atoms with Crippen molar-refractivity contribution in [2.75, 3.05) is 0 Å². The zero-order chi connectivity index (χ0) is 19.5. The van der Waals surface area contributed by atoms with Crippen molar-refractivity contribution < 1.29 is 4.79 Å². The Kier molecular flexibility index (Phi) is 5.12. The number of halogens is 1. The van der Waals surface area contributed by atoms with Crippen molar-refractivity contribution in [2.45, 2.75) is 25.9 Å². The molecule has 1 aromatic carbocycles. The summed E-state index contributed by atoms with van der Waals surface area (Å²) in [6.45, 7) is 0.812. The average molecular weight is 395 g/mol. The summed E-state index contributed by atoms with van der Waals surface area (Å²) >= 11 is 6.11. The smallest absolute Gasteiger partial charge is 0.276 e. The number of hydrogen-bond donors (Lipinski definition) is 1. The van der Waals surface area contributed by atoms with Crippen molar-refractivity contribution in [1.82, 2.24) is 19.3 Å². The molecule has 3 aromatic heterocycles. The molecule has 0 fully saturated rings. The fourth-order valence-corrected chi connectivity index (χ4v) is 3.52. The number of hydrogen-bond acceptors (Lipinski definition) is 3. The number of aryl methyl sites for hydroxylation is 1. The summed E-state index contributed by atoms with van der Waals surface area (Å²) in [5, 5.41) is 3.50. The molecule has 4 rings (SSSR count). The largest absolute Gasteiger partial charge is 0.352 e. The molecule has 0 saturated heterocycles. The molecule has 0 unspecified atom stereocenters. The summed E-state index contributed by atoms with van der Waals surface area (Å²) in [5.41, 5.74) is 2.86. The van der Waals surface area contributed by atoms with Crippen LogP contribution in [0.1, 0.15) is 18.4 Å². The van der Waals surface area contributed by atoms with Crippen LogP contribution in [0.15, 0.2) is 65.7 Å². The molecule has 0 aliphatic heterocycles. The van der Waals surface area contributed by atoms with Gasteiger partial charge in [0.1, 0.15) is 5.52 Å². The normalized spacial score (nSPS) is 11.2. The highest BCUT2D eigenvalue weighted by molar-refractivity contribution is 6.31. The van der Waals surface area contributed by atoms with Gasteiger partial charge in [-0.1, -0.05) is 29.8 Å². The van der Waals surface area contributed by atoms with Crippen molar-refractivity contribution in [3.8, 4) is 0 Å². The first-order valence-electron chi connectivity index (χ1n) is 9.10. The number of nitrogens with one attached hydrogen (secondary N) is 1. The van der Waals surface area contributed by atoms with Gasteiger partial charge in [0.2, 0.25) is 5.91 Å². The van der Waals surface area contributed by atoms with Crippen LogP contribution in [-0.4, -0.2) is 19.9 Å². The van der Waals surface area contributed by atoms with Gasteiger partial charge >= 0.3 is 0 Å². The van der Waals surface area contributed by atoms with Gasteiger partial charge in [0.15, 0.2) is 5.65 Å². The van der Waals surface area contributed by atoms with Crippen LogP contribution in [0.2, 0.25) is 5.02 Å². The number of carbonyl (C=O) groups excluding carboxylic acids is 1. The summed E-state index contributed by atoms with van der Waals surface area (Å²) in [4.78, 5) is 29.4.